The molecule has 0 bridgehead atoms. The predicted octanol–water partition coefficient (Wildman–Crippen LogP) is 4.54. The highest BCUT2D eigenvalue weighted by Gasteiger charge is 2.10. The van der Waals surface area contributed by atoms with E-state index in [1.807, 2.05) is 29.1 Å². The van der Waals surface area contributed by atoms with E-state index in [1.165, 1.54) is 0 Å². The van der Waals surface area contributed by atoms with Gasteiger partial charge in [-0.05, 0) is 63.4 Å². The number of nitrogen functional groups attached to an aromatic ring is 1. The first kappa shape index (κ1) is 15.4. The van der Waals surface area contributed by atoms with Gasteiger partial charge in [-0.15, -0.1) is 0 Å². The molecule has 0 amide bonds. The molecule has 1 heterocycles. The second-order valence-corrected chi connectivity index (χ2v) is 6.36. The van der Waals surface area contributed by atoms with E-state index in [-0.39, 0.29) is 0 Å². The molecular weight excluding hydrogens is 386 g/mol. The molecule has 1 aromatic heterocycles. The SMILES string of the molecule is CCC(C)n1ccc(COc2c(Br)cc(N)cc2Br)n1. The van der Waals surface area contributed by atoms with Crippen molar-refractivity contribution in [1.29, 1.82) is 0 Å². The Labute approximate surface area is 135 Å². The molecule has 0 fully saturated rings. The maximum Gasteiger partial charge on any atom is 0.148 e. The van der Waals surface area contributed by atoms with Gasteiger partial charge < -0.3 is 10.5 Å². The van der Waals surface area contributed by atoms with E-state index in [0.29, 0.717) is 18.3 Å². The van der Waals surface area contributed by atoms with Crippen LogP contribution in [0, 0.1) is 0 Å². The molecule has 20 heavy (non-hydrogen) atoms. The molecule has 0 saturated heterocycles. The Morgan fingerprint density at radius 2 is 2.00 bits per heavy atom. The normalized spacial score (nSPS) is 12.4. The Morgan fingerprint density at radius 3 is 2.60 bits per heavy atom. The second kappa shape index (κ2) is 6.63. The third-order valence-electron chi connectivity index (χ3n) is 3.09. The Kier molecular flexibility index (Phi) is 5.10. The van der Waals surface area contributed by atoms with Crippen LogP contribution in [0.5, 0.6) is 5.75 Å². The van der Waals surface area contributed by atoms with Crippen LogP contribution in [0.25, 0.3) is 0 Å². The first-order valence-corrected chi connectivity index (χ1v) is 8.01. The van der Waals surface area contributed by atoms with Gasteiger partial charge in [0.05, 0.1) is 14.6 Å². The summed E-state index contributed by atoms with van der Waals surface area (Å²) in [6, 6.07) is 6.01. The molecule has 1 unspecified atom stereocenters. The van der Waals surface area contributed by atoms with Crippen molar-refractivity contribution >= 4 is 37.5 Å². The summed E-state index contributed by atoms with van der Waals surface area (Å²) >= 11 is 6.90. The topological polar surface area (TPSA) is 53.1 Å². The van der Waals surface area contributed by atoms with Crippen molar-refractivity contribution in [2.24, 2.45) is 0 Å². The maximum absolute atomic E-state index is 5.81. The summed E-state index contributed by atoms with van der Waals surface area (Å²) in [6.07, 6.45) is 3.04. The molecule has 2 rings (SSSR count). The largest absolute Gasteiger partial charge is 0.485 e. The summed E-state index contributed by atoms with van der Waals surface area (Å²) in [5, 5.41) is 4.51. The van der Waals surface area contributed by atoms with Gasteiger partial charge in [-0.2, -0.15) is 5.10 Å². The predicted molar refractivity (Wildman–Crippen MR) is 87.8 cm³/mol. The number of hydrogen-bond acceptors (Lipinski definition) is 3. The number of nitrogens with two attached hydrogens (primary N) is 1. The van der Waals surface area contributed by atoms with E-state index in [2.05, 4.69) is 50.8 Å². The van der Waals surface area contributed by atoms with Crippen LogP contribution in [-0.4, -0.2) is 9.78 Å². The van der Waals surface area contributed by atoms with Gasteiger partial charge in [-0.1, -0.05) is 6.92 Å². The minimum atomic E-state index is 0.402. The molecule has 2 aromatic rings. The van der Waals surface area contributed by atoms with Crippen LogP contribution in [0.3, 0.4) is 0 Å². The minimum Gasteiger partial charge on any atom is -0.485 e. The number of rotatable bonds is 5. The molecule has 0 aliphatic carbocycles. The second-order valence-electron chi connectivity index (χ2n) is 4.65. The van der Waals surface area contributed by atoms with E-state index >= 15 is 0 Å². The van der Waals surface area contributed by atoms with Gasteiger partial charge >= 0.3 is 0 Å². The summed E-state index contributed by atoms with van der Waals surface area (Å²) in [5.74, 6) is 0.734. The van der Waals surface area contributed by atoms with E-state index in [0.717, 1.165) is 26.8 Å². The minimum absolute atomic E-state index is 0.402. The summed E-state index contributed by atoms with van der Waals surface area (Å²) in [5.41, 5.74) is 7.34. The first-order valence-electron chi connectivity index (χ1n) is 6.42. The van der Waals surface area contributed by atoms with Gasteiger partial charge in [-0.3, -0.25) is 4.68 Å². The lowest BCUT2D eigenvalue weighted by Crippen LogP contribution is -2.06. The summed E-state index contributed by atoms with van der Waals surface area (Å²) < 4.78 is 9.42. The first-order chi connectivity index (χ1) is 9.51. The molecule has 4 nitrogen and oxygen atoms in total. The zero-order chi connectivity index (χ0) is 14.7. The molecule has 2 N–H and O–H groups in total. The van der Waals surface area contributed by atoms with Gasteiger partial charge in [-0.25, -0.2) is 0 Å². The zero-order valence-corrected chi connectivity index (χ0v) is 14.6. The molecule has 1 aromatic carbocycles. The van der Waals surface area contributed by atoms with Gasteiger partial charge in [0, 0.05) is 17.9 Å². The van der Waals surface area contributed by atoms with E-state index in [1.54, 1.807) is 0 Å². The summed E-state index contributed by atoms with van der Waals surface area (Å²) in [7, 11) is 0. The molecule has 0 aliphatic rings. The Balaban J connectivity index is 2.07. The number of hydrogen-bond donors (Lipinski definition) is 1. The third kappa shape index (κ3) is 3.55. The molecule has 0 spiro atoms. The fourth-order valence-corrected chi connectivity index (χ4v) is 3.20. The summed E-state index contributed by atoms with van der Waals surface area (Å²) in [6.45, 7) is 4.71. The number of aromatic nitrogens is 2. The average molecular weight is 403 g/mol. The average Bonchev–Trinajstić information content (AvgIpc) is 2.85. The smallest absolute Gasteiger partial charge is 0.148 e. The van der Waals surface area contributed by atoms with Gasteiger partial charge in [0.1, 0.15) is 12.4 Å². The van der Waals surface area contributed by atoms with Gasteiger partial charge in [0.25, 0.3) is 0 Å². The molecule has 0 radical (unpaired) electrons. The van der Waals surface area contributed by atoms with Crippen LogP contribution in [0.2, 0.25) is 0 Å². The Morgan fingerprint density at radius 1 is 1.35 bits per heavy atom. The fraction of sp³-hybridized carbons (Fsp3) is 0.357. The number of halogens is 2. The van der Waals surface area contributed by atoms with Crippen LogP contribution >= 0.6 is 31.9 Å². The molecule has 1 atom stereocenters. The molecule has 0 saturated carbocycles. The molecule has 6 heteroatoms. The number of ether oxygens (including phenoxy) is 1. The van der Waals surface area contributed by atoms with E-state index in [4.69, 9.17) is 10.5 Å². The van der Waals surface area contributed by atoms with Crippen molar-refractivity contribution < 1.29 is 4.74 Å². The van der Waals surface area contributed by atoms with Crippen LogP contribution in [0.4, 0.5) is 5.69 Å². The van der Waals surface area contributed by atoms with Gasteiger partial charge in [0.2, 0.25) is 0 Å². The lowest BCUT2D eigenvalue weighted by atomic mass is 10.3. The molecular formula is C14H17Br2N3O. The van der Waals surface area contributed by atoms with Crippen molar-refractivity contribution in [3.63, 3.8) is 0 Å². The van der Waals surface area contributed by atoms with Crippen molar-refractivity contribution in [2.45, 2.75) is 32.9 Å². The molecule has 108 valence electrons. The number of anilines is 1. The van der Waals surface area contributed by atoms with Crippen LogP contribution < -0.4 is 10.5 Å². The maximum atomic E-state index is 5.81. The Hall–Kier alpha value is -1.01. The molecule has 0 aliphatic heterocycles. The van der Waals surface area contributed by atoms with Crippen LogP contribution in [0.15, 0.2) is 33.3 Å². The standard InChI is InChI=1S/C14H17Br2N3O/c1-3-9(2)19-5-4-11(18-19)8-20-14-12(15)6-10(17)7-13(14)16/h4-7,9H,3,8,17H2,1-2H3. The zero-order valence-electron chi connectivity index (χ0n) is 11.4. The van der Waals surface area contributed by atoms with Crippen LogP contribution in [0.1, 0.15) is 32.0 Å². The van der Waals surface area contributed by atoms with Gasteiger partial charge in [0.15, 0.2) is 0 Å². The number of nitrogens with zero attached hydrogens (tertiary/aromatic N) is 2. The highest BCUT2D eigenvalue weighted by molar-refractivity contribution is 9.11. The van der Waals surface area contributed by atoms with Crippen molar-refractivity contribution in [2.75, 3.05) is 5.73 Å². The Bertz CT molecular complexity index is 575. The lowest BCUT2D eigenvalue weighted by Gasteiger charge is -2.11. The summed E-state index contributed by atoms with van der Waals surface area (Å²) in [4.78, 5) is 0. The van der Waals surface area contributed by atoms with Crippen molar-refractivity contribution in [3.8, 4) is 5.75 Å². The van der Waals surface area contributed by atoms with E-state index < -0.39 is 0 Å². The third-order valence-corrected chi connectivity index (χ3v) is 4.27. The van der Waals surface area contributed by atoms with Crippen LogP contribution in [-0.2, 0) is 6.61 Å². The van der Waals surface area contributed by atoms with Crippen molar-refractivity contribution in [1.82, 2.24) is 9.78 Å². The highest BCUT2D eigenvalue weighted by Crippen LogP contribution is 2.36. The lowest BCUT2D eigenvalue weighted by molar-refractivity contribution is 0.294. The van der Waals surface area contributed by atoms with Crippen molar-refractivity contribution in [3.05, 3.63) is 39.0 Å². The quantitative estimate of drug-likeness (QED) is 0.746. The van der Waals surface area contributed by atoms with E-state index in [9.17, 15) is 0 Å². The number of benzene rings is 1. The highest BCUT2D eigenvalue weighted by atomic mass is 79.9. The fourth-order valence-electron chi connectivity index (χ4n) is 1.75. The monoisotopic (exact) mass is 401 g/mol.